The Balaban J connectivity index is 1.65. The topological polar surface area (TPSA) is 33.3 Å². The van der Waals surface area contributed by atoms with Crippen molar-refractivity contribution in [2.24, 2.45) is 0 Å². The number of thiocarbonyl (C=S) groups is 1. The van der Waals surface area contributed by atoms with Gasteiger partial charge < -0.3 is 19.2 Å². The molecule has 1 atom stereocenters. The molecule has 24 heavy (non-hydrogen) atoms. The van der Waals surface area contributed by atoms with Crippen LogP contribution in [0.5, 0.6) is 0 Å². The molecule has 0 saturated heterocycles. The minimum absolute atomic E-state index is 0.0177. The monoisotopic (exact) mass is 401 g/mol. The highest BCUT2D eigenvalue weighted by Gasteiger charge is 2.32. The van der Waals surface area contributed by atoms with Crippen molar-refractivity contribution >= 4 is 38.9 Å². The van der Waals surface area contributed by atoms with E-state index in [9.17, 15) is 0 Å². The molecule has 122 valence electrons. The Morgan fingerprint density at radius 3 is 2.88 bits per heavy atom. The molecule has 4 nitrogen and oxygen atoms in total. The van der Waals surface area contributed by atoms with Gasteiger partial charge in [0.05, 0.1) is 6.26 Å². The zero-order chi connectivity index (χ0) is 16.5. The van der Waals surface area contributed by atoms with Crippen LogP contribution in [0.2, 0.25) is 0 Å². The third kappa shape index (κ3) is 2.87. The van der Waals surface area contributed by atoms with E-state index in [4.69, 9.17) is 16.6 Å². The Kier molecular flexibility index (Phi) is 4.16. The van der Waals surface area contributed by atoms with Gasteiger partial charge in [0.2, 0.25) is 0 Å². The van der Waals surface area contributed by atoms with Crippen LogP contribution < -0.4 is 5.32 Å². The quantitative estimate of drug-likeness (QED) is 0.633. The normalized spacial score (nSPS) is 16.7. The van der Waals surface area contributed by atoms with E-state index in [0.29, 0.717) is 5.11 Å². The largest absolute Gasteiger partial charge is 0.467 e. The number of aromatic nitrogens is 1. The van der Waals surface area contributed by atoms with Crippen molar-refractivity contribution in [3.8, 4) is 0 Å². The molecule has 1 unspecified atom stereocenters. The Hall–Kier alpha value is -2.05. The second kappa shape index (κ2) is 6.45. The smallest absolute Gasteiger partial charge is 0.174 e. The summed E-state index contributed by atoms with van der Waals surface area (Å²) < 4.78 is 8.97. The van der Waals surface area contributed by atoms with Crippen LogP contribution in [0, 0.1) is 0 Å². The summed E-state index contributed by atoms with van der Waals surface area (Å²) in [6.07, 6.45) is 3.81. The van der Waals surface area contributed by atoms with E-state index in [1.54, 1.807) is 6.26 Å². The van der Waals surface area contributed by atoms with Crippen molar-refractivity contribution < 1.29 is 4.42 Å². The Morgan fingerprint density at radius 2 is 2.08 bits per heavy atom. The average Bonchev–Trinajstić information content (AvgIpc) is 3.25. The highest BCUT2D eigenvalue weighted by molar-refractivity contribution is 9.10. The lowest BCUT2D eigenvalue weighted by atomic mass is 10.1. The summed E-state index contributed by atoms with van der Waals surface area (Å²) in [6.45, 7) is 1.73. The summed E-state index contributed by atoms with van der Waals surface area (Å²) in [7, 11) is 0. The van der Waals surface area contributed by atoms with Gasteiger partial charge in [-0.05, 0) is 54.7 Å². The van der Waals surface area contributed by atoms with Crippen LogP contribution in [0.1, 0.15) is 17.5 Å². The first-order chi connectivity index (χ1) is 11.7. The van der Waals surface area contributed by atoms with Gasteiger partial charge in [-0.25, -0.2) is 0 Å². The molecule has 1 aromatic carbocycles. The van der Waals surface area contributed by atoms with E-state index in [1.165, 1.54) is 5.69 Å². The second-order valence-electron chi connectivity index (χ2n) is 5.68. The van der Waals surface area contributed by atoms with Crippen LogP contribution in [0.15, 0.2) is 69.9 Å². The van der Waals surface area contributed by atoms with Crippen molar-refractivity contribution in [3.05, 3.63) is 76.9 Å². The van der Waals surface area contributed by atoms with Crippen LogP contribution in [-0.4, -0.2) is 21.1 Å². The maximum Gasteiger partial charge on any atom is 0.174 e. The molecule has 1 aliphatic heterocycles. The SMILES string of the molecule is S=C(Nc1cccc(Br)c1)N1CCn2cccc2C1c1ccco1. The Morgan fingerprint density at radius 1 is 1.17 bits per heavy atom. The van der Waals surface area contributed by atoms with E-state index in [0.717, 1.165) is 29.0 Å². The Labute approximate surface area is 154 Å². The zero-order valence-electron chi connectivity index (χ0n) is 12.9. The molecular formula is C18H16BrN3OS. The molecule has 0 saturated carbocycles. The van der Waals surface area contributed by atoms with Gasteiger partial charge in [-0.3, -0.25) is 0 Å². The minimum Gasteiger partial charge on any atom is -0.467 e. The van der Waals surface area contributed by atoms with Crippen LogP contribution in [0.25, 0.3) is 0 Å². The van der Waals surface area contributed by atoms with Gasteiger partial charge in [-0.1, -0.05) is 22.0 Å². The second-order valence-corrected chi connectivity index (χ2v) is 6.98. The van der Waals surface area contributed by atoms with E-state index in [-0.39, 0.29) is 6.04 Å². The van der Waals surface area contributed by atoms with E-state index >= 15 is 0 Å². The van der Waals surface area contributed by atoms with Gasteiger partial charge in [0.1, 0.15) is 11.8 Å². The third-order valence-electron chi connectivity index (χ3n) is 4.19. The minimum atomic E-state index is -0.0177. The third-order valence-corrected chi connectivity index (χ3v) is 5.02. The number of hydrogen-bond donors (Lipinski definition) is 1. The molecule has 3 heterocycles. The fourth-order valence-electron chi connectivity index (χ4n) is 3.11. The number of furan rings is 1. The maximum absolute atomic E-state index is 5.70. The molecule has 4 rings (SSSR count). The van der Waals surface area contributed by atoms with Crippen molar-refractivity contribution in [3.63, 3.8) is 0 Å². The first-order valence-electron chi connectivity index (χ1n) is 7.74. The molecule has 1 N–H and O–H groups in total. The van der Waals surface area contributed by atoms with Gasteiger partial charge in [0.25, 0.3) is 0 Å². The van der Waals surface area contributed by atoms with E-state index < -0.39 is 0 Å². The van der Waals surface area contributed by atoms with Gasteiger partial charge >= 0.3 is 0 Å². The fourth-order valence-corrected chi connectivity index (χ4v) is 3.82. The summed E-state index contributed by atoms with van der Waals surface area (Å²) in [5.74, 6) is 0.896. The molecule has 2 aromatic heterocycles. The van der Waals surface area contributed by atoms with Crippen LogP contribution >= 0.6 is 28.1 Å². The molecule has 3 aromatic rings. The summed E-state index contributed by atoms with van der Waals surface area (Å²) >= 11 is 9.19. The standard InChI is InChI=1S/C18H16BrN3OS/c19-13-4-1-5-14(12-13)20-18(24)22-10-9-21-8-2-6-15(21)17(22)16-7-3-11-23-16/h1-8,11-12,17H,9-10H2,(H,20,24). The van der Waals surface area contributed by atoms with Gasteiger partial charge in [0.15, 0.2) is 5.11 Å². The van der Waals surface area contributed by atoms with Crippen molar-refractivity contribution in [1.29, 1.82) is 0 Å². The van der Waals surface area contributed by atoms with Crippen molar-refractivity contribution in [1.82, 2.24) is 9.47 Å². The summed E-state index contributed by atoms with van der Waals surface area (Å²) in [5.41, 5.74) is 2.16. The lowest BCUT2D eigenvalue weighted by Crippen LogP contribution is -2.44. The lowest BCUT2D eigenvalue weighted by molar-refractivity contribution is 0.261. The Bertz CT molecular complexity index is 859. The number of nitrogens with zero attached hydrogens (tertiary/aromatic N) is 2. The first kappa shape index (κ1) is 15.5. The molecule has 0 spiro atoms. The maximum atomic E-state index is 5.70. The molecule has 0 radical (unpaired) electrons. The van der Waals surface area contributed by atoms with E-state index in [2.05, 4.69) is 49.0 Å². The molecule has 1 aliphatic rings. The van der Waals surface area contributed by atoms with Crippen LogP contribution in [-0.2, 0) is 6.54 Å². The fraction of sp³-hybridized carbons (Fsp3) is 0.167. The number of halogens is 1. The van der Waals surface area contributed by atoms with Crippen molar-refractivity contribution in [2.75, 3.05) is 11.9 Å². The lowest BCUT2D eigenvalue weighted by Gasteiger charge is -2.37. The van der Waals surface area contributed by atoms with Gasteiger partial charge in [0, 0.05) is 35.1 Å². The van der Waals surface area contributed by atoms with E-state index in [1.807, 2.05) is 36.4 Å². The number of hydrogen-bond acceptors (Lipinski definition) is 2. The average molecular weight is 402 g/mol. The molecule has 0 aliphatic carbocycles. The van der Waals surface area contributed by atoms with Crippen LogP contribution in [0.3, 0.4) is 0 Å². The molecule has 0 amide bonds. The molecule has 0 fully saturated rings. The number of anilines is 1. The number of fused-ring (bicyclic) bond motifs is 1. The van der Waals surface area contributed by atoms with Crippen LogP contribution in [0.4, 0.5) is 5.69 Å². The first-order valence-corrected chi connectivity index (χ1v) is 8.94. The highest BCUT2D eigenvalue weighted by atomic mass is 79.9. The number of nitrogens with one attached hydrogen (secondary N) is 1. The molecule has 0 bridgehead atoms. The van der Waals surface area contributed by atoms with Gasteiger partial charge in [-0.15, -0.1) is 0 Å². The molecular weight excluding hydrogens is 386 g/mol. The predicted molar refractivity (Wildman–Crippen MR) is 102 cm³/mol. The number of benzene rings is 1. The predicted octanol–water partition coefficient (Wildman–Crippen LogP) is 4.65. The molecule has 6 heteroatoms. The summed E-state index contributed by atoms with van der Waals surface area (Å²) in [6, 6.07) is 16.1. The number of rotatable bonds is 2. The highest BCUT2D eigenvalue weighted by Crippen LogP contribution is 2.33. The summed E-state index contributed by atoms with van der Waals surface area (Å²) in [4.78, 5) is 2.18. The van der Waals surface area contributed by atoms with Crippen molar-refractivity contribution in [2.45, 2.75) is 12.6 Å². The van der Waals surface area contributed by atoms with Gasteiger partial charge in [-0.2, -0.15) is 0 Å². The summed E-state index contributed by atoms with van der Waals surface area (Å²) in [5, 5.41) is 4.04. The zero-order valence-corrected chi connectivity index (χ0v) is 15.3.